The number of hydrogen-bond donors (Lipinski definition) is 0. The summed E-state index contributed by atoms with van der Waals surface area (Å²) in [5.41, 5.74) is 1.01. The molecule has 0 saturated heterocycles. The molecule has 1 amide bonds. The zero-order valence-electron chi connectivity index (χ0n) is 14.5. The number of likely N-dealkylation sites (N-methyl/N-ethyl adjacent to an activating group) is 1. The van der Waals surface area contributed by atoms with Crippen molar-refractivity contribution in [2.45, 2.75) is 13.8 Å². The lowest BCUT2D eigenvalue weighted by atomic mass is 10.2. The van der Waals surface area contributed by atoms with Crippen LogP contribution in [0.5, 0.6) is 11.5 Å². The fraction of sp³-hybridized carbons (Fsp3) is 0.263. The van der Waals surface area contributed by atoms with Crippen LogP contribution in [0.3, 0.4) is 0 Å². The minimum atomic E-state index is -0.170. The Hall–Kier alpha value is -2.34. The van der Waals surface area contributed by atoms with E-state index in [0.29, 0.717) is 23.9 Å². The minimum absolute atomic E-state index is 0.0924. The molecule has 1 heterocycles. The number of pyridine rings is 1. The number of carbonyl (C=O) groups excluding carboxylic acids is 1. The molecule has 0 N–H and O–H groups in total. The zero-order valence-corrected chi connectivity index (χ0v) is 16.1. The van der Waals surface area contributed by atoms with Crippen LogP contribution in [-0.2, 0) is 4.79 Å². The summed E-state index contributed by atoms with van der Waals surface area (Å²) in [5, 5.41) is 0. The van der Waals surface area contributed by atoms with Gasteiger partial charge in [0.2, 0.25) is 0 Å². The molecule has 2 rings (SSSR count). The van der Waals surface area contributed by atoms with Gasteiger partial charge >= 0.3 is 0 Å². The Labute approximate surface area is 156 Å². The lowest BCUT2D eigenvalue weighted by molar-refractivity contribution is -0.120. The largest absolute Gasteiger partial charge is 0.493 e. The third kappa shape index (κ3) is 5.06. The van der Waals surface area contributed by atoms with Crippen LogP contribution in [0, 0.1) is 0 Å². The molecule has 1 aromatic heterocycles. The molecule has 0 bridgehead atoms. The van der Waals surface area contributed by atoms with Gasteiger partial charge in [-0.2, -0.15) is 0 Å². The highest BCUT2D eigenvalue weighted by Gasteiger charge is 2.16. The Kier molecular flexibility index (Phi) is 7.01. The summed E-state index contributed by atoms with van der Waals surface area (Å²) in [5.74, 6) is 1.55. The number of methoxy groups -OCH3 is 1. The number of hydrogen-bond acceptors (Lipinski definition) is 4. The normalized spacial score (nSPS) is 10.7. The summed E-state index contributed by atoms with van der Waals surface area (Å²) in [7, 11) is 1.58. The van der Waals surface area contributed by atoms with Gasteiger partial charge in [-0.05, 0) is 59.6 Å². The summed E-state index contributed by atoms with van der Waals surface area (Å²) < 4.78 is 11.9. The van der Waals surface area contributed by atoms with Crippen LogP contribution in [0.25, 0.3) is 6.08 Å². The molecule has 132 valence electrons. The summed E-state index contributed by atoms with van der Waals surface area (Å²) in [4.78, 5) is 18.3. The maximum absolute atomic E-state index is 12.5. The number of anilines is 1. The molecular weight excluding hydrogens is 384 g/mol. The molecule has 0 spiro atoms. The highest BCUT2D eigenvalue weighted by Crippen LogP contribution is 2.28. The van der Waals surface area contributed by atoms with Crippen LogP contribution >= 0.6 is 15.9 Å². The Morgan fingerprint density at radius 1 is 1.28 bits per heavy atom. The standard InChI is InChI=1S/C19H21BrN2O3/c1-4-6-14-7-9-16(17(11-14)24-3)25-13-19(23)22(5-2)18-10-8-15(20)12-21-18/h4,6-12H,5,13H2,1-3H3/b6-4+. The Morgan fingerprint density at radius 2 is 2.08 bits per heavy atom. The molecule has 0 aliphatic rings. The van der Waals surface area contributed by atoms with Crippen molar-refractivity contribution in [1.29, 1.82) is 0 Å². The lowest BCUT2D eigenvalue weighted by Crippen LogP contribution is -2.35. The Bertz CT molecular complexity index is 745. The van der Waals surface area contributed by atoms with E-state index in [1.807, 2.05) is 44.2 Å². The van der Waals surface area contributed by atoms with E-state index in [4.69, 9.17) is 9.47 Å². The van der Waals surface area contributed by atoms with E-state index >= 15 is 0 Å². The number of rotatable bonds is 7. The SMILES string of the molecule is C/C=C/c1ccc(OCC(=O)N(CC)c2ccc(Br)cn2)c(OC)c1. The molecule has 0 radical (unpaired) electrons. The van der Waals surface area contributed by atoms with E-state index < -0.39 is 0 Å². The Morgan fingerprint density at radius 3 is 2.68 bits per heavy atom. The van der Waals surface area contributed by atoms with Crippen LogP contribution in [0.2, 0.25) is 0 Å². The fourth-order valence-electron chi connectivity index (χ4n) is 2.31. The number of carbonyl (C=O) groups is 1. The fourth-order valence-corrected chi connectivity index (χ4v) is 2.55. The average molecular weight is 405 g/mol. The van der Waals surface area contributed by atoms with E-state index in [-0.39, 0.29) is 12.5 Å². The van der Waals surface area contributed by atoms with Crippen LogP contribution in [0.4, 0.5) is 5.82 Å². The summed E-state index contributed by atoms with van der Waals surface area (Å²) in [6.45, 7) is 4.26. The van der Waals surface area contributed by atoms with E-state index in [1.165, 1.54) is 0 Å². The molecule has 5 nitrogen and oxygen atoms in total. The van der Waals surface area contributed by atoms with Crippen molar-refractivity contribution in [3.8, 4) is 11.5 Å². The average Bonchev–Trinajstić information content (AvgIpc) is 2.63. The number of ether oxygens (including phenoxy) is 2. The molecule has 6 heteroatoms. The summed E-state index contributed by atoms with van der Waals surface area (Å²) in [6.07, 6.45) is 5.58. The second-order valence-corrected chi connectivity index (χ2v) is 6.09. The molecule has 0 unspecified atom stereocenters. The minimum Gasteiger partial charge on any atom is -0.493 e. The number of amides is 1. The van der Waals surface area contributed by atoms with Gasteiger partial charge in [0, 0.05) is 17.2 Å². The van der Waals surface area contributed by atoms with Crippen molar-refractivity contribution >= 4 is 33.7 Å². The highest BCUT2D eigenvalue weighted by molar-refractivity contribution is 9.10. The number of nitrogens with zero attached hydrogens (tertiary/aromatic N) is 2. The monoisotopic (exact) mass is 404 g/mol. The first kappa shape index (κ1) is 19.0. The van der Waals surface area contributed by atoms with E-state index in [0.717, 1.165) is 10.0 Å². The summed E-state index contributed by atoms with van der Waals surface area (Å²) >= 11 is 3.34. The first-order valence-electron chi connectivity index (χ1n) is 7.94. The Balaban J connectivity index is 2.08. The van der Waals surface area contributed by atoms with Gasteiger partial charge in [0.1, 0.15) is 5.82 Å². The molecule has 0 aliphatic carbocycles. The maximum atomic E-state index is 12.5. The van der Waals surface area contributed by atoms with E-state index in [1.54, 1.807) is 30.3 Å². The highest BCUT2D eigenvalue weighted by atomic mass is 79.9. The van der Waals surface area contributed by atoms with Crippen molar-refractivity contribution < 1.29 is 14.3 Å². The maximum Gasteiger partial charge on any atom is 0.266 e. The predicted molar refractivity (Wildman–Crippen MR) is 103 cm³/mol. The lowest BCUT2D eigenvalue weighted by Gasteiger charge is -2.20. The summed E-state index contributed by atoms with van der Waals surface area (Å²) in [6, 6.07) is 9.22. The molecule has 0 aliphatic heterocycles. The smallest absolute Gasteiger partial charge is 0.266 e. The van der Waals surface area contributed by atoms with E-state index in [2.05, 4.69) is 20.9 Å². The van der Waals surface area contributed by atoms with Crippen molar-refractivity contribution in [3.05, 3.63) is 52.6 Å². The molecule has 25 heavy (non-hydrogen) atoms. The second kappa shape index (κ2) is 9.22. The molecule has 0 atom stereocenters. The van der Waals surface area contributed by atoms with Gasteiger partial charge in [-0.1, -0.05) is 18.2 Å². The number of aromatic nitrogens is 1. The molecule has 0 fully saturated rings. The van der Waals surface area contributed by atoms with Crippen molar-refractivity contribution in [1.82, 2.24) is 4.98 Å². The van der Waals surface area contributed by atoms with Crippen molar-refractivity contribution in [2.24, 2.45) is 0 Å². The van der Waals surface area contributed by atoms with Gasteiger partial charge in [-0.3, -0.25) is 9.69 Å². The third-order valence-corrected chi connectivity index (χ3v) is 3.97. The van der Waals surface area contributed by atoms with Crippen LogP contribution in [0.15, 0.2) is 47.1 Å². The van der Waals surface area contributed by atoms with Crippen molar-refractivity contribution in [2.75, 3.05) is 25.2 Å². The quantitative estimate of drug-likeness (QED) is 0.689. The van der Waals surface area contributed by atoms with Crippen LogP contribution < -0.4 is 14.4 Å². The third-order valence-electron chi connectivity index (χ3n) is 3.50. The first-order chi connectivity index (χ1) is 12.1. The van der Waals surface area contributed by atoms with Gasteiger partial charge in [-0.25, -0.2) is 4.98 Å². The number of halogens is 1. The first-order valence-corrected chi connectivity index (χ1v) is 8.73. The molecule has 2 aromatic rings. The van der Waals surface area contributed by atoms with Crippen LogP contribution in [0.1, 0.15) is 19.4 Å². The van der Waals surface area contributed by atoms with Gasteiger partial charge in [-0.15, -0.1) is 0 Å². The van der Waals surface area contributed by atoms with Gasteiger partial charge in [0.05, 0.1) is 7.11 Å². The predicted octanol–water partition coefficient (Wildman–Crippen LogP) is 4.32. The number of allylic oxidation sites excluding steroid dienone is 1. The van der Waals surface area contributed by atoms with Gasteiger partial charge in [0.25, 0.3) is 5.91 Å². The van der Waals surface area contributed by atoms with Gasteiger partial charge < -0.3 is 9.47 Å². The molecular formula is C19H21BrN2O3. The van der Waals surface area contributed by atoms with Gasteiger partial charge in [0.15, 0.2) is 18.1 Å². The van der Waals surface area contributed by atoms with Crippen LogP contribution in [-0.4, -0.2) is 31.2 Å². The second-order valence-electron chi connectivity index (χ2n) is 5.17. The molecule has 0 saturated carbocycles. The topological polar surface area (TPSA) is 51.7 Å². The molecule has 1 aromatic carbocycles. The van der Waals surface area contributed by atoms with Crippen molar-refractivity contribution in [3.63, 3.8) is 0 Å². The zero-order chi connectivity index (χ0) is 18.2. The number of benzene rings is 1. The van der Waals surface area contributed by atoms with E-state index in [9.17, 15) is 4.79 Å².